The minimum absolute atomic E-state index is 0.0397. The van der Waals surface area contributed by atoms with Crippen LogP contribution in [0.15, 0.2) is 42.5 Å². The zero-order valence-corrected chi connectivity index (χ0v) is 11.2. The molecule has 2 aromatic carbocycles. The number of nitrogens with one attached hydrogen (secondary N) is 1. The number of hydrogen-bond donors (Lipinski definition) is 2. The van der Waals surface area contributed by atoms with Crippen molar-refractivity contribution in [3.8, 4) is 11.1 Å². The number of carbonyl (C=O) groups excluding carboxylic acids is 1. The summed E-state index contributed by atoms with van der Waals surface area (Å²) in [4.78, 5) is 11.3. The monoisotopic (exact) mass is 273 g/mol. The van der Waals surface area contributed by atoms with Crippen LogP contribution < -0.4 is 5.32 Å². The van der Waals surface area contributed by atoms with Gasteiger partial charge in [-0.25, -0.2) is 4.39 Å². The molecule has 0 saturated heterocycles. The van der Waals surface area contributed by atoms with Crippen molar-refractivity contribution in [2.75, 3.05) is 7.05 Å². The fourth-order valence-electron chi connectivity index (χ4n) is 1.96. The molecule has 3 nitrogen and oxygen atoms in total. The molecule has 20 heavy (non-hydrogen) atoms. The maximum absolute atomic E-state index is 13.3. The molecule has 0 aliphatic heterocycles. The van der Waals surface area contributed by atoms with E-state index in [0.29, 0.717) is 6.42 Å². The van der Waals surface area contributed by atoms with Gasteiger partial charge in [-0.3, -0.25) is 4.79 Å². The number of benzene rings is 2. The Bertz CT molecular complexity index is 608. The van der Waals surface area contributed by atoms with Crippen LogP contribution in [0.1, 0.15) is 11.1 Å². The molecule has 1 amide bonds. The molecule has 0 fully saturated rings. The van der Waals surface area contributed by atoms with Crippen LogP contribution in [0.25, 0.3) is 11.1 Å². The van der Waals surface area contributed by atoms with Gasteiger partial charge in [0, 0.05) is 12.6 Å². The summed E-state index contributed by atoms with van der Waals surface area (Å²) in [5.41, 5.74) is 2.94. The summed E-state index contributed by atoms with van der Waals surface area (Å²) >= 11 is 0. The van der Waals surface area contributed by atoms with Crippen LogP contribution in [0, 0.1) is 5.82 Å². The Labute approximate surface area is 117 Å². The smallest absolute Gasteiger partial charge is 0.224 e. The van der Waals surface area contributed by atoms with Gasteiger partial charge in [-0.2, -0.15) is 0 Å². The molecule has 0 unspecified atom stereocenters. The average molecular weight is 273 g/mol. The van der Waals surface area contributed by atoms with E-state index in [9.17, 15) is 9.18 Å². The lowest BCUT2D eigenvalue weighted by Gasteiger charge is -2.06. The first-order valence-electron chi connectivity index (χ1n) is 6.33. The second-order valence-electron chi connectivity index (χ2n) is 4.51. The second kappa shape index (κ2) is 6.30. The fourth-order valence-corrected chi connectivity index (χ4v) is 1.96. The molecule has 2 N–H and O–H groups in total. The number of amides is 1. The van der Waals surface area contributed by atoms with Crippen molar-refractivity contribution < 1.29 is 14.3 Å². The normalized spacial score (nSPS) is 10.3. The highest BCUT2D eigenvalue weighted by atomic mass is 19.1. The van der Waals surface area contributed by atoms with Gasteiger partial charge >= 0.3 is 0 Å². The molecular weight excluding hydrogens is 257 g/mol. The van der Waals surface area contributed by atoms with Gasteiger partial charge in [0.05, 0.1) is 13.0 Å². The number of carbonyl (C=O) groups is 1. The molecule has 0 aliphatic rings. The Kier molecular flexibility index (Phi) is 4.48. The minimum atomic E-state index is -0.410. The zero-order valence-electron chi connectivity index (χ0n) is 11.2. The number of hydrogen-bond acceptors (Lipinski definition) is 2. The third kappa shape index (κ3) is 3.22. The summed E-state index contributed by atoms with van der Waals surface area (Å²) < 4.78 is 13.3. The number of rotatable bonds is 4. The standard InChI is InChI=1S/C16H16FNO2/c1-18-16(20)8-11-2-4-12(5-3-11)13-6-7-15(17)14(9-13)10-19/h2-7,9,19H,8,10H2,1H3,(H,18,20). The maximum atomic E-state index is 13.3. The molecule has 0 aliphatic carbocycles. The van der Waals surface area contributed by atoms with Gasteiger partial charge < -0.3 is 10.4 Å². The van der Waals surface area contributed by atoms with Crippen molar-refractivity contribution in [2.45, 2.75) is 13.0 Å². The predicted molar refractivity (Wildman–Crippen MR) is 75.5 cm³/mol. The Morgan fingerprint density at radius 2 is 1.80 bits per heavy atom. The summed E-state index contributed by atoms with van der Waals surface area (Å²) in [6, 6.07) is 12.1. The van der Waals surface area contributed by atoms with Gasteiger partial charge in [0.2, 0.25) is 5.91 Å². The molecule has 4 heteroatoms. The maximum Gasteiger partial charge on any atom is 0.224 e. The summed E-state index contributed by atoms with van der Waals surface area (Å²) in [6.07, 6.45) is 0.335. The lowest BCUT2D eigenvalue weighted by atomic mass is 10.0. The highest BCUT2D eigenvalue weighted by Gasteiger charge is 2.05. The van der Waals surface area contributed by atoms with Gasteiger partial charge in [0.1, 0.15) is 5.82 Å². The van der Waals surface area contributed by atoms with Gasteiger partial charge in [0.15, 0.2) is 0 Å². The van der Waals surface area contributed by atoms with Gasteiger partial charge in [-0.15, -0.1) is 0 Å². The largest absolute Gasteiger partial charge is 0.392 e. The van der Waals surface area contributed by atoms with Gasteiger partial charge in [-0.05, 0) is 28.8 Å². The summed E-state index contributed by atoms with van der Waals surface area (Å²) in [5, 5.41) is 11.6. The molecule has 104 valence electrons. The van der Waals surface area contributed by atoms with Crippen molar-refractivity contribution in [2.24, 2.45) is 0 Å². The molecule has 0 spiro atoms. The molecule has 0 heterocycles. The van der Waals surface area contributed by atoms with Crippen LogP contribution in [0.3, 0.4) is 0 Å². The van der Waals surface area contributed by atoms with Crippen LogP contribution in [0.2, 0.25) is 0 Å². The first-order valence-corrected chi connectivity index (χ1v) is 6.33. The lowest BCUT2D eigenvalue weighted by Crippen LogP contribution is -2.19. The SMILES string of the molecule is CNC(=O)Cc1ccc(-c2ccc(F)c(CO)c2)cc1. The van der Waals surface area contributed by atoms with Crippen molar-refractivity contribution in [3.05, 3.63) is 59.4 Å². The first kappa shape index (κ1) is 14.2. The van der Waals surface area contributed by atoms with Crippen LogP contribution in [0.4, 0.5) is 4.39 Å². The number of aliphatic hydroxyl groups excluding tert-OH is 1. The number of aliphatic hydroxyl groups is 1. The first-order chi connectivity index (χ1) is 9.63. The van der Waals surface area contributed by atoms with Crippen LogP contribution in [-0.2, 0) is 17.8 Å². The van der Waals surface area contributed by atoms with Crippen LogP contribution >= 0.6 is 0 Å². The topological polar surface area (TPSA) is 49.3 Å². The van der Waals surface area contributed by atoms with Crippen molar-refractivity contribution in [1.82, 2.24) is 5.32 Å². The zero-order chi connectivity index (χ0) is 14.5. The minimum Gasteiger partial charge on any atom is -0.392 e. The lowest BCUT2D eigenvalue weighted by molar-refractivity contribution is -0.119. The van der Waals surface area contributed by atoms with Crippen molar-refractivity contribution >= 4 is 5.91 Å². The number of likely N-dealkylation sites (N-methyl/N-ethyl adjacent to an activating group) is 1. The van der Waals surface area contributed by atoms with E-state index < -0.39 is 5.82 Å². The molecule has 0 saturated carbocycles. The molecule has 0 atom stereocenters. The Hall–Kier alpha value is -2.20. The molecule has 2 rings (SSSR count). The summed E-state index contributed by atoms with van der Waals surface area (Å²) in [6.45, 7) is -0.325. The summed E-state index contributed by atoms with van der Waals surface area (Å²) in [5.74, 6) is -0.449. The van der Waals surface area contributed by atoms with E-state index in [1.807, 2.05) is 24.3 Å². The highest BCUT2D eigenvalue weighted by molar-refractivity contribution is 5.78. The van der Waals surface area contributed by atoms with E-state index in [-0.39, 0.29) is 18.1 Å². The third-order valence-electron chi connectivity index (χ3n) is 3.15. The van der Waals surface area contributed by atoms with E-state index in [2.05, 4.69) is 5.32 Å². The molecule has 2 aromatic rings. The third-order valence-corrected chi connectivity index (χ3v) is 3.15. The number of halogens is 1. The molecule has 0 aromatic heterocycles. The second-order valence-corrected chi connectivity index (χ2v) is 4.51. The van der Waals surface area contributed by atoms with Gasteiger partial charge in [0.25, 0.3) is 0 Å². The highest BCUT2D eigenvalue weighted by Crippen LogP contribution is 2.22. The van der Waals surface area contributed by atoms with E-state index in [1.165, 1.54) is 6.07 Å². The van der Waals surface area contributed by atoms with Crippen molar-refractivity contribution in [3.63, 3.8) is 0 Å². The Balaban J connectivity index is 2.23. The predicted octanol–water partition coefficient (Wildman–Crippen LogP) is 2.27. The Morgan fingerprint density at radius 1 is 1.15 bits per heavy atom. The van der Waals surface area contributed by atoms with Gasteiger partial charge in [-0.1, -0.05) is 30.3 Å². The molecule has 0 radical (unpaired) electrons. The van der Waals surface area contributed by atoms with Crippen molar-refractivity contribution in [1.29, 1.82) is 0 Å². The quantitative estimate of drug-likeness (QED) is 0.898. The van der Waals surface area contributed by atoms with Crippen LogP contribution in [-0.4, -0.2) is 18.1 Å². The average Bonchev–Trinajstić information content (AvgIpc) is 2.48. The van der Waals surface area contributed by atoms with E-state index >= 15 is 0 Å². The van der Waals surface area contributed by atoms with E-state index in [1.54, 1.807) is 19.2 Å². The molecular formula is C16H16FNO2. The summed E-state index contributed by atoms with van der Waals surface area (Å²) in [7, 11) is 1.60. The fraction of sp³-hybridized carbons (Fsp3) is 0.188. The van der Waals surface area contributed by atoms with Crippen LogP contribution in [0.5, 0.6) is 0 Å². The van der Waals surface area contributed by atoms with E-state index in [0.717, 1.165) is 16.7 Å². The molecule has 0 bridgehead atoms. The Morgan fingerprint density at radius 3 is 2.40 bits per heavy atom. The van der Waals surface area contributed by atoms with E-state index in [4.69, 9.17) is 5.11 Å².